The second-order valence-electron chi connectivity index (χ2n) is 11.9. The molecule has 0 saturated heterocycles. The molecule has 0 bridgehead atoms. The molecule has 0 aliphatic heterocycles. The molecule has 5 atom stereocenters. The monoisotopic (exact) mass is 432 g/mol. The van der Waals surface area contributed by atoms with E-state index in [1.54, 1.807) is 6.08 Å². The fourth-order valence-electron chi connectivity index (χ4n) is 8.46. The normalized spacial score (nSPS) is 43.3. The molecule has 0 aromatic heterocycles. The summed E-state index contributed by atoms with van der Waals surface area (Å²) in [5, 5.41) is 10.3. The summed E-state index contributed by atoms with van der Waals surface area (Å²) >= 11 is 0. The van der Waals surface area contributed by atoms with Gasteiger partial charge in [0, 0.05) is 16.4 Å². The van der Waals surface area contributed by atoms with Crippen molar-refractivity contribution in [2.24, 2.45) is 27.6 Å². The second-order valence-corrected chi connectivity index (χ2v) is 11.9. The molecule has 0 amide bonds. The molecule has 3 saturated carbocycles. The number of carbonyl (C=O) groups excluding carboxylic acids is 2. The Morgan fingerprint density at radius 2 is 1.81 bits per heavy atom. The second kappa shape index (κ2) is 6.46. The lowest BCUT2D eigenvalue weighted by molar-refractivity contribution is -0.162. The predicted molar refractivity (Wildman–Crippen MR) is 127 cm³/mol. The van der Waals surface area contributed by atoms with Crippen LogP contribution >= 0.6 is 0 Å². The number of ketones is 2. The van der Waals surface area contributed by atoms with Crippen molar-refractivity contribution in [2.45, 2.75) is 79.6 Å². The van der Waals surface area contributed by atoms with E-state index in [1.807, 2.05) is 13.8 Å². The SMILES string of the molecule is C=C1CC[C@@]2(C(C)=O)CC[C@]3(C)C4=CC=C5C(=CC(=O)C(O)=C5C)[C@]4(C)CC[C@@]3(C)[C@@H]2C1. The molecule has 5 aliphatic carbocycles. The van der Waals surface area contributed by atoms with Crippen molar-refractivity contribution in [1.82, 2.24) is 0 Å². The fourth-order valence-corrected chi connectivity index (χ4v) is 8.46. The smallest absolute Gasteiger partial charge is 0.220 e. The van der Waals surface area contributed by atoms with Crippen LogP contribution in [0, 0.1) is 27.6 Å². The van der Waals surface area contributed by atoms with E-state index in [0.717, 1.165) is 56.1 Å². The molecule has 0 spiro atoms. The topological polar surface area (TPSA) is 54.4 Å². The largest absolute Gasteiger partial charge is 0.504 e. The van der Waals surface area contributed by atoms with Gasteiger partial charge in [-0.3, -0.25) is 9.59 Å². The highest BCUT2D eigenvalue weighted by Gasteiger charge is 2.67. The Labute approximate surface area is 192 Å². The molecule has 5 rings (SSSR count). The van der Waals surface area contributed by atoms with Gasteiger partial charge in [0.25, 0.3) is 0 Å². The van der Waals surface area contributed by atoms with Gasteiger partial charge in [0.2, 0.25) is 5.78 Å². The maximum absolute atomic E-state index is 13.1. The maximum Gasteiger partial charge on any atom is 0.220 e. The van der Waals surface area contributed by atoms with E-state index in [0.29, 0.717) is 17.3 Å². The molecule has 5 aliphatic rings. The molecular weight excluding hydrogens is 396 g/mol. The highest BCUT2D eigenvalue weighted by molar-refractivity contribution is 6.06. The summed E-state index contributed by atoms with van der Waals surface area (Å²) in [4.78, 5) is 25.7. The van der Waals surface area contributed by atoms with Crippen LogP contribution in [0.15, 0.2) is 58.4 Å². The third kappa shape index (κ3) is 2.38. The lowest BCUT2D eigenvalue weighted by Crippen LogP contribution is -2.62. The van der Waals surface area contributed by atoms with Gasteiger partial charge < -0.3 is 5.11 Å². The first-order valence-corrected chi connectivity index (χ1v) is 12.2. The first-order chi connectivity index (χ1) is 14.9. The highest BCUT2D eigenvalue weighted by atomic mass is 16.3. The number of aliphatic hydroxyl groups is 1. The van der Waals surface area contributed by atoms with E-state index in [-0.39, 0.29) is 33.2 Å². The number of hydrogen-bond acceptors (Lipinski definition) is 3. The van der Waals surface area contributed by atoms with Crippen LogP contribution < -0.4 is 0 Å². The van der Waals surface area contributed by atoms with Gasteiger partial charge in [0.15, 0.2) is 5.76 Å². The minimum Gasteiger partial charge on any atom is -0.504 e. The van der Waals surface area contributed by atoms with Crippen LogP contribution in [0.3, 0.4) is 0 Å². The Morgan fingerprint density at radius 3 is 2.50 bits per heavy atom. The third-order valence-corrected chi connectivity index (χ3v) is 10.8. The van der Waals surface area contributed by atoms with Crippen molar-refractivity contribution in [1.29, 1.82) is 0 Å². The summed E-state index contributed by atoms with van der Waals surface area (Å²) in [6, 6.07) is 0. The van der Waals surface area contributed by atoms with E-state index in [4.69, 9.17) is 0 Å². The predicted octanol–water partition coefficient (Wildman–Crippen LogP) is 6.73. The van der Waals surface area contributed by atoms with Gasteiger partial charge >= 0.3 is 0 Å². The summed E-state index contributed by atoms with van der Waals surface area (Å²) in [5.74, 6) is 0.273. The van der Waals surface area contributed by atoms with Crippen LogP contribution in [0.5, 0.6) is 0 Å². The average Bonchev–Trinajstić information content (AvgIpc) is 2.74. The van der Waals surface area contributed by atoms with Gasteiger partial charge in [-0.15, -0.1) is 0 Å². The Hall–Kier alpha value is -2.16. The highest BCUT2D eigenvalue weighted by Crippen LogP contribution is 2.74. The van der Waals surface area contributed by atoms with Crippen molar-refractivity contribution in [2.75, 3.05) is 0 Å². The minimum absolute atomic E-state index is 0.00320. The number of fused-ring (bicyclic) bond motifs is 7. The van der Waals surface area contributed by atoms with Crippen molar-refractivity contribution in [3.63, 3.8) is 0 Å². The number of rotatable bonds is 1. The minimum atomic E-state index is -0.279. The molecule has 32 heavy (non-hydrogen) atoms. The summed E-state index contributed by atoms with van der Waals surface area (Å²) in [5.41, 5.74) is 4.96. The zero-order valence-corrected chi connectivity index (χ0v) is 20.2. The molecule has 0 aromatic carbocycles. The molecule has 3 heteroatoms. The van der Waals surface area contributed by atoms with E-state index in [2.05, 4.69) is 39.5 Å². The first-order valence-electron chi connectivity index (χ1n) is 12.2. The fraction of sp³-hybridized carbons (Fsp3) is 0.586. The van der Waals surface area contributed by atoms with Crippen molar-refractivity contribution in [3.8, 4) is 0 Å². The number of hydrogen-bond donors (Lipinski definition) is 1. The number of Topliss-reactive ketones (excluding diaryl/α,β-unsaturated/α-hetero) is 1. The molecule has 1 N–H and O–H groups in total. The Morgan fingerprint density at radius 1 is 1.09 bits per heavy atom. The molecule has 170 valence electrons. The quantitative estimate of drug-likeness (QED) is 0.467. The maximum atomic E-state index is 13.1. The summed E-state index contributed by atoms with van der Waals surface area (Å²) < 4.78 is 0. The Balaban J connectivity index is 1.68. The van der Waals surface area contributed by atoms with E-state index >= 15 is 0 Å². The standard InChI is InChI=1S/C29H36O3/c1-17-9-10-29(19(3)30)14-13-27(5)23-8-7-20-18(2)25(32)22(31)16-21(20)26(23,4)11-12-28(27,6)24(29)15-17/h7-8,16,24,32H,1,9-15H2,2-6H3/t24-,26-,27+,28-,29-/m0/s1. The number of allylic oxidation sites excluding steroid dienone is 8. The third-order valence-electron chi connectivity index (χ3n) is 10.8. The van der Waals surface area contributed by atoms with Gasteiger partial charge in [-0.25, -0.2) is 0 Å². The van der Waals surface area contributed by atoms with Crippen LogP contribution in [0.1, 0.15) is 79.6 Å². The Kier molecular flexibility index (Phi) is 4.37. The zero-order valence-electron chi connectivity index (χ0n) is 20.2. The zero-order chi connectivity index (χ0) is 23.3. The molecule has 0 heterocycles. The molecular formula is C29H36O3. The van der Waals surface area contributed by atoms with Crippen molar-refractivity contribution in [3.05, 3.63) is 58.4 Å². The lowest BCUT2D eigenvalue weighted by Gasteiger charge is -2.69. The molecule has 3 nitrogen and oxygen atoms in total. The van der Waals surface area contributed by atoms with E-state index in [1.165, 1.54) is 11.1 Å². The van der Waals surface area contributed by atoms with E-state index < -0.39 is 0 Å². The van der Waals surface area contributed by atoms with Gasteiger partial charge in [0.05, 0.1) is 0 Å². The lowest BCUT2D eigenvalue weighted by atomic mass is 9.35. The van der Waals surface area contributed by atoms with E-state index in [9.17, 15) is 14.7 Å². The van der Waals surface area contributed by atoms with Crippen molar-refractivity contribution < 1.29 is 14.7 Å². The van der Waals surface area contributed by atoms with Gasteiger partial charge in [-0.05, 0) is 92.8 Å². The van der Waals surface area contributed by atoms with Gasteiger partial charge in [-0.1, -0.05) is 50.6 Å². The van der Waals surface area contributed by atoms with Crippen LogP contribution in [0.4, 0.5) is 0 Å². The van der Waals surface area contributed by atoms with Crippen molar-refractivity contribution >= 4 is 11.6 Å². The molecule has 0 unspecified atom stereocenters. The van der Waals surface area contributed by atoms with Gasteiger partial charge in [-0.2, -0.15) is 0 Å². The van der Waals surface area contributed by atoms with Crippen LogP contribution in [0.25, 0.3) is 0 Å². The van der Waals surface area contributed by atoms with Crippen LogP contribution in [-0.4, -0.2) is 16.7 Å². The number of carbonyl (C=O) groups is 2. The first kappa shape index (κ1) is 21.7. The molecule has 0 aromatic rings. The Bertz CT molecular complexity index is 1100. The summed E-state index contributed by atoms with van der Waals surface area (Å²) in [6.07, 6.45) is 12.9. The summed E-state index contributed by atoms with van der Waals surface area (Å²) in [7, 11) is 0. The average molecular weight is 433 g/mol. The molecule has 0 radical (unpaired) electrons. The number of aliphatic hydroxyl groups excluding tert-OH is 1. The summed E-state index contributed by atoms with van der Waals surface area (Å²) in [6.45, 7) is 15.2. The van der Waals surface area contributed by atoms with Crippen LogP contribution in [-0.2, 0) is 9.59 Å². The van der Waals surface area contributed by atoms with Gasteiger partial charge in [0.1, 0.15) is 5.78 Å². The molecule has 3 fully saturated rings. The van der Waals surface area contributed by atoms with Crippen LogP contribution in [0.2, 0.25) is 0 Å².